The number of ether oxygens (including phenoxy) is 1. The SMILES string of the molecule is CCC(CCC1CCCC2C1CC(O)C1CC(=NCCCNCCCC[NH3+])CCC12C)C(C)CCC(=O)OC. The van der Waals surface area contributed by atoms with Crippen molar-refractivity contribution in [1.82, 2.24) is 5.32 Å². The summed E-state index contributed by atoms with van der Waals surface area (Å²) in [6, 6.07) is 0. The predicted octanol–water partition coefficient (Wildman–Crippen LogP) is 5.43. The van der Waals surface area contributed by atoms with Crippen LogP contribution < -0.4 is 11.1 Å². The highest BCUT2D eigenvalue weighted by Crippen LogP contribution is 2.60. The highest BCUT2D eigenvalue weighted by atomic mass is 16.5. The van der Waals surface area contributed by atoms with Crippen molar-refractivity contribution in [2.24, 2.45) is 45.9 Å². The van der Waals surface area contributed by atoms with Gasteiger partial charge in [-0.25, -0.2) is 0 Å². The average Bonchev–Trinajstić information content (AvgIpc) is 2.94. The summed E-state index contributed by atoms with van der Waals surface area (Å²) in [7, 11) is 1.49. The van der Waals surface area contributed by atoms with E-state index in [0.29, 0.717) is 30.1 Å². The summed E-state index contributed by atoms with van der Waals surface area (Å²) in [6.45, 7) is 11.2. The topological polar surface area (TPSA) is 98.6 Å². The van der Waals surface area contributed by atoms with E-state index in [9.17, 15) is 9.90 Å². The van der Waals surface area contributed by atoms with Gasteiger partial charge in [0, 0.05) is 18.7 Å². The van der Waals surface area contributed by atoms with E-state index < -0.39 is 0 Å². The Morgan fingerprint density at radius 2 is 2.00 bits per heavy atom. The lowest BCUT2D eigenvalue weighted by atomic mass is 9.47. The Morgan fingerprint density at radius 3 is 2.74 bits per heavy atom. The third-order valence-corrected chi connectivity index (χ3v) is 11.3. The summed E-state index contributed by atoms with van der Waals surface area (Å²) < 4.78 is 4.87. The van der Waals surface area contributed by atoms with Crippen LogP contribution in [0.4, 0.5) is 0 Å². The summed E-state index contributed by atoms with van der Waals surface area (Å²) in [5, 5.41) is 15.0. The van der Waals surface area contributed by atoms with Gasteiger partial charge in [-0.05, 0) is 125 Å². The quantitative estimate of drug-likeness (QED) is 0.177. The van der Waals surface area contributed by atoms with Gasteiger partial charge in [0.15, 0.2) is 0 Å². The number of hydrogen-bond acceptors (Lipinski definition) is 5. The number of aliphatic hydroxyl groups is 1. The van der Waals surface area contributed by atoms with Gasteiger partial charge < -0.3 is 20.9 Å². The Labute approximate surface area is 239 Å². The van der Waals surface area contributed by atoms with Crippen LogP contribution in [-0.4, -0.2) is 56.2 Å². The number of methoxy groups -OCH3 is 1. The fraction of sp³-hybridized carbons (Fsp3) is 0.939. The van der Waals surface area contributed by atoms with Crippen LogP contribution >= 0.6 is 0 Å². The minimum absolute atomic E-state index is 0.0839. The van der Waals surface area contributed by atoms with Crippen molar-refractivity contribution in [1.29, 1.82) is 0 Å². The number of rotatable bonds is 16. The molecule has 0 aromatic rings. The van der Waals surface area contributed by atoms with E-state index in [1.54, 1.807) is 0 Å². The molecule has 0 aromatic heterocycles. The maximum Gasteiger partial charge on any atom is 0.305 e. The lowest BCUT2D eigenvalue weighted by Gasteiger charge is -2.59. The lowest BCUT2D eigenvalue weighted by Crippen LogP contribution is -2.55. The molecule has 0 heterocycles. The van der Waals surface area contributed by atoms with Crippen molar-refractivity contribution in [3.8, 4) is 0 Å². The van der Waals surface area contributed by atoms with Crippen LogP contribution in [0.2, 0.25) is 0 Å². The normalized spacial score (nSPS) is 33.3. The molecular weight excluding hydrogens is 486 g/mol. The van der Waals surface area contributed by atoms with Crippen molar-refractivity contribution in [2.45, 2.75) is 123 Å². The molecule has 0 amide bonds. The van der Waals surface area contributed by atoms with Crippen molar-refractivity contribution >= 4 is 11.7 Å². The second-order valence-electron chi connectivity index (χ2n) is 13.5. The minimum Gasteiger partial charge on any atom is -0.469 e. The lowest BCUT2D eigenvalue weighted by molar-refractivity contribution is -0.368. The third kappa shape index (κ3) is 9.00. The number of quaternary nitrogens is 1. The zero-order valence-electron chi connectivity index (χ0n) is 25.9. The molecule has 6 nitrogen and oxygen atoms in total. The van der Waals surface area contributed by atoms with Crippen LogP contribution in [-0.2, 0) is 9.53 Å². The molecule has 0 spiro atoms. The van der Waals surface area contributed by atoms with Crippen molar-refractivity contribution in [3.63, 3.8) is 0 Å². The van der Waals surface area contributed by atoms with Gasteiger partial charge in [0.25, 0.3) is 0 Å². The Morgan fingerprint density at radius 1 is 1.21 bits per heavy atom. The number of fused-ring (bicyclic) bond motifs is 3. The first kappa shape index (κ1) is 32.5. The van der Waals surface area contributed by atoms with Crippen LogP contribution in [0, 0.1) is 40.9 Å². The highest BCUT2D eigenvalue weighted by molar-refractivity contribution is 5.85. The van der Waals surface area contributed by atoms with E-state index in [0.717, 1.165) is 70.1 Å². The second kappa shape index (κ2) is 16.5. The molecule has 0 bridgehead atoms. The van der Waals surface area contributed by atoms with E-state index in [-0.39, 0.29) is 17.5 Å². The monoisotopic (exact) mass is 548 g/mol. The van der Waals surface area contributed by atoms with Crippen LogP contribution in [0.1, 0.15) is 117 Å². The van der Waals surface area contributed by atoms with Crippen molar-refractivity contribution < 1.29 is 20.4 Å². The van der Waals surface area contributed by atoms with E-state index in [2.05, 4.69) is 31.8 Å². The van der Waals surface area contributed by atoms with Gasteiger partial charge >= 0.3 is 5.97 Å². The van der Waals surface area contributed by atoms with Crippen molar-refractivity contribution in [3.05, 3.63) is 0 Å². The van der Waals surface area contributed by atoms with E-state index in [4.69, 9.17) is 9.73 Å². The molecule has 8 unspecified atom stereocenters. The van der Waals surface area contributed by atoms with Crippen LogP contribution in [0.15, 0.2) is 4.99 Å². The summed E-state index contributed by atoms with van der Waals surface area (Å²) in [5.74, 6) is 3.69. The van der Waals surface area contributed by atoms with Crippen LogP contribution in [0.3, 0.4) is 0 Å². The zero-order valence-corrected chi connectivity index (χ0v) is 25.9. The average molecular weight is 549 g/mol. The molecule has 3 rings (SSSR count). The first-order chi connectivity index (χ1) is 18.8. The number of carbonyl (C=O) groups is 1. The molecule has 0 aliphatic heterocycles. The number of carbonyl (C=O) groups excluding carboxylic acids is 1. The smallest absolute Gasteiger partial charge is 0.305 e. The van der Waals surface area contributed by atoms with E-state index >= 15 is 0 Å². The summed E-state index contributed by atoms with van der Waals surface area (Å²) in [4.78, 5) is 16.7. The summed E-state index contributed by atoms with van der Waals surface area (Å²) in [5.41, 5.74) is 5.53. The number of esters is 1. The molecule has 3 aliphatic carbocycles. The largest absolute Gasteiger partial charge is 0.469 e. The molecule has 6 heteroatoms. The minimum atomic E-state index is -0.182. The van der Waals surface area contributed by atoms with Gasteiger partial charge in [0.1, 0.15) is 0 Å². The fourth-order valence-corrected chi connectivity index (χ4v) is 8.70. The standard InChI is InChI=1S/C33H61N3O3/c1-5-25(24(2)12-15-32(38)39-4)13-14-26-10-8-11-29-28(26)23-31(37)30-22-27(16-17-33(29,30)3)36-21-9-20-35-19-7-6-18-34/h24-26,28-31,35,37H,5-23,34H2,1-4H3/p+1. The molecule has 3 fully saturated rings. The molecule has 8 atom stereocenters. The summed E-state index contributed by atoms with van der Waals surface area (Å²) in [6.07, 6.45) is 16.9. The van der Waals surface area contributed by atoms with Gasteiger partial charge in [0.2, 0.25) is 0 Å². The Balaban J connectivity index is 1.51. The molecule has 3 aliphatic rings. The predicted molar refractivity (Wildman–Crippen MR) is 161 cm³/mol. The first-order valence-corrected chi connectivity index (χ1v) is 16.6. The molecule has 0 radical (unpaired) electrons. The van der Waals surface area contributed by atoms with Gasteiger partial charge in [0.05, 0.1) is 19.8 Å². The van der Waals surface area contributed by atoms with E-state index in [1.807, 2.05) is 0 Å². The molecular formula is C33H62N3O3+. The van der Waals surface area contributed by atoms with Crippen LogP contribution in [0.25, 0.3) is 0 Å². The Hall–Kier alpha value is -0.980. The molecule has 3 saturated carbocycles. The summed E-state index contributed by atoms with van der Waals surface area (Å²) >= 11 is 0. The number of unbranched alkanes of at least 4 members (excludes halogenated alkanes) is 1. The van der Waals surface area contributed by atoms with Crippen molar-refractivity contribution in [2.75, 3.05) is 33.3 Å². The van der Waals surface area contributed by atoms with E-state index in [1.165, 1.54) is 70.6 Å². The third-order valence-electron chi connectivity index (χ3n) is 11.3. The fourth-order valence-electron chi connectivity index (χ4n) is 8.70. The maximum atomic E-state index is 11.6. The Kier molecular flexibility index (Phi) is 13.7. The zero-order chi connectivity index (χ0) is 28.3. The van der Waals surface area contributed by atoms with Gasteiger partial charge in [-0.1, -0.05) is 40.0 Å². The number of nitrogens with one attached hydrogen (secondary N) is 1. The molecule has 0 saturated heterocycles. The van der Waals surface area contributed by atoms with Gasteiger partial charge in [-0.2, -0.15) is 0 Å². The molecule has 5 N–H and O–H groups in total. The molecule has 39 heavy (non-hydrogen) atoms. The highest BCUT2D eigenvalue weighted by Gasteiger charge is 2.55. The van der Waals surface area contributed by atoms with Crippen LogP contribution in [0.5, 0.6) is 0 Å². The first-order valence-electron chi connectivity index (χ1n) is 16.6. The number of nitrogens with zero attached hydrogens (tertiary/aromatic N) is 1. The number of aliphatic hydroxyl groups excluding tert-OH is 1. The number of aliphatic imine (C=N–C) groups is 1. The van der Waals surface area contributed by atoms with Gasteiger partial charge in [-0.15, -0.1) is 0 Å². The number of hydrogen-bond donors (Lipinski definition) is 3. The molecule has 0 aromatic carbocycles. The maximum absolute atomic E-state index is 11.6. The Bertz CT molecular complexity index is 758. The second-order valence-corrected chi connectivity index (χ2v) is 13.5. The van der Waals surface area contributed by atoms with Gasteiger partial charge in [-0.3, -0.25) is 9.79 Å². The molecule has 226 valence electrons.